The van der Waals surface area contributed by atoms with E-state index in [-0.39, 0.29) is 0 Å². The number of anilines is 1. The number of aryl methyl sites for hydroxylation is 1. The van der Waals surface area contributed by atoms with Gasteiger partial charge >= 0.3 is 0 Å². The highest BCUT2D eigenvalue weighted by atomic mass is 32.1. The van der Waals surface area contributed by atoms with Crippen LogP contribution in [0.4, 0.5) is 5.13 Å². The first-order chi connectivity index (χ1) is 6.25. The number of rotatable bonds is 1. The van der Waals surface area contributed by atoms with E-state index in [2.05, 4.69) is 19.3 Å². The molecule has 2 aromatic rings. The second-order valence-corrected chi connectivity index (χ2v) is 3.28. The summed E-state index contributed by atoms with van der Waals surface area (Å²) in [6.45, 7) is 1.87. The molecule has 2 rings (SSSR count). The molecule has 0 bridgehead atoms. The SMILES string of the molecule is Cc1cnc(-c2nsc(N)n2)cn1. The van der Waals surface area contributed by atoms with Crippen molar-refractivity contribution in [3.8, 4) is 11.5 Å². The van der Waals surface area contributed by atoms with Crippen molar-refractivity contribution in [1.29, 1.82) is 0 Å². The van der Waals surface area contributed by atoms with Gasteiger partial charge in [0.2, 0.25) is 0 Å². The minimum atomic E-state index is 0.442. The number of nitrogens with zero attached hydrogens (tertiary/aromatic N) is 4. The molecule has 0 atom stereocenters. The summed E-state index contributed by atoms with van der Waals surface area (Å²) in [5, 5.41) is 0.442. The lowest BCUT2D eigenvalue weighted by Gasteiger charge is -1.93. The quantitative estimate of drug-likeness (QED) is 0.727. The zero-order valence-corrected chi connectivity index (χ0v) is 7.75. The fraction of sp³-hybridized carbons (Fsp3) is 0.143. The maximum Gasteiger partial charge on any atom is 0.200 e. The molecule has 0 fully saturated rings. The van der Waals surface area contributed by atoms with Crippen LogP contribution in [0.1, 0.15) is 5.69 Å². The largest absolute Gasteiger partial charge is 0.374 e. The molecule has 2 N–H and O–H groups in total. The van der Waals surface area contributed by atoms with Crippen LogP contribution in [0.25, 0.3) is 11.5 Å². The van der Waals surface area contributed by atoms with Crippen LogP contribution >= 0.6 is 11.5 Å². The van der Waals surface area contributed by atoms with Crippen LogP contribution in [0.5, 0.6) is 0 Å². The second kappa shape index (κ2) is 3.06. The van der Waals surface area contributed by atoms with Crippen molar-refractivity contribution in [3.05, 3.63) is 18.1 Å². The Morgan fingerprint density at radius 1 is 1.31 bits per heavy atom. The lowest BCUT2D eigenvalue weighted by molar-refractivity contribution is 1.10. The summed E-state index contributed by atoms with van der Waals surface area (Å²) in [6, 6.07) is 0. The smallest absolute Gasteiger partial charge is 0.200 e. The second-order valence-electron chi connectivity index (χ2n) is 2.50. The van der Waals surface area contributed by atoms with Gasteiger partial charge in [-0.1, -0.05) is 0 Å². The highest BCUT2D eigenvalue weighted by molar-refractivity contribution is 7.09. The average Bonchev–Trinajstić information content (AvgIpc) is 2.53. The van der Waals surface area contributed by atoms with Gasteiger partial charge < -0.3 is 5.73 Å². The molecule has 13 heavy (non-hydrogen) atoms. The minimum absolute atomic E-state index is 0.442. The van der Waals surface area contributed by atoms with Crippen LogP contribution < -0.4 is 5.73 Å². The molecule has 66 valence electrons. The average molecular weight is 193 g/mol. The zero-order chi connectivity index (χ0) is 9.26. The minimum Gasteiger partial charge on any atom is -0.374 e. The van der Waals surface area contributed by atoms with Gasteiger partial charge in [-0.3, -0.25) is 4.98 Å². The van der Waals surface area contributed by atoms with E-state index in [9.17, 15) is 0 Å². The molecule has 0 saturated heterocycles. The molecule has 6 heteroatoms. The molecular formula is C7H7N5S. The molecule has 0 aromatic carbocycles. The Hall–Kier alpha value is -1.56. The van der Waals surface area contributed by atoms with Crippen LogP contribution in [0.2, 0.25) is 0 Å². The Balaban J connectivity index is 2.41. The van der Waals surface area contributed by atoms with E-state index in [0.29, 0.717) is 16.6 Å². The first kappa shape index (κ1) is 8.06. The van der Waals surface area contributed by atoms with E-state index < -0.39 is 0 Å². The molecule has 0 unspecified atom stereocenters. The van der Waals surface area contributed by atoms with Crippen molar-refractivity contribution >= 4 is 16.7 Å². The predicted molar refractivity (Wildman–Crippen MR) is 50.1 cm³/mol. The van der Waals surface area contributed by atoms with Gasteiger partial charge in [-0.2, -0.15) is 9.36 Å². The van der Waals surface area contributed by atoms with Gasteiger partial charge in [-0.05, 0) is 6.92 Å². The molecular weight excluding hydrogens is 186 g/mol. The lowest BCUT2D eigenvalue weighted by Crippen LogP contribution is -1.90. The third kappa shape index (κ3) is 1.62. The first-order valence-corrected chi connectivity index (χ1v) is 4.41. The van der Waals surface area contributed by atoms with Gasteiger partial charge in [0, 0.05) is 17.7 Å². The molecule has 0 aliphatic heterocycles. The fourth-order valence-corrected chi connectivity index (χ4v) is 1.29. The number of nitrogen functional groups attached to an aromatic ring is 1. The standard InChI is InChI=1S/C7H7N5S/c1-4-2-10-5(3-9-4)6-11-7(8)13-12-6/h2-3H,1H3,(H2,8,11,12). The van der Waals surface area contributed by atoms with E-state index in [1.165, 1.54) is 0 Å². The van der Waals surface area contributed by atoms with Gasteiger partial charge in [0.1, 0.15) is 5.69 Å². The fourth-order valence-electron chi connectivity index (χ4n) is 0.847. The van der Waals surface area contributed by atoms with Crippen molar-refractivity contribution in [2.24, 2.45) is 0 Å². The van der Waals surface area contributed by atoms with Gasteiger partial charge in [0.05, 0.1) is 11.9 Å². The Labute approximate surface area is 78.9 Å². The zero-order valence-electron chi connectivity index (χ0n) is 6.93. The van der Waals surface area contributed by atoms with Crippen molar-refractivity contribution in [1.82, 2.24) is 19.3 Å². The van der Waals surface area contributed by atoms with E-state index >= 15 is 0 Å². The topological polar surface area (TPSA) is 77.6 Å². The van der Waals surface area contributed by atoms with E-state index in [4.69, 9.17) is 5.73 Å². The highest BCUT2D eigenvalue weighted by Crippen LogP contribution is 2.15. The summed E-state index contributed by atoms with van der Waals surface area (Å²) in [4.78, 5) is 12.2. The van der Waals surface area contributed by atoms with Gasteiger partial charge in [-0.25, -0.2) is 4.98 Å². The summed E-state index contributed by atoms with van der Waals surface area (Å²) < 4.78 is 4.02. The van der Waals surface area contributed by atoms with Crippen LogP contribution in [0, 0.1) is 6.92 Å². The maximum absolute atomic E-state index is 5.44. The molecule has 0 spiro atoms. The Bertz CT molecular complexity index is 407. The molecule has 0 aliphatic carbocycles. The summed E-state index contributed by atoms with van der Waals surface area (Å²) in [6.07, 6.45) is 3.31. The highest BCUT2D eigenvalue weighted by Gasteiger charge is 2.05. The molecule has 2 heterocycles. The number of aromatic nitrogens is 4. The maximum atomic E-state index is 5.44. The van der Waals surface area contributed by atoms with E-state index in [1.54, 1.807) is 12.4 Å². The Morgan fingerprint density at radius 2 is 2.15 bits per heavy atom. The predicted octanol–water partition coefficient (Wildman–Crippen LogP) is 0.886. The van der Waals surface area contributed by atoms with Crippen molar-refractivity contribution < 1.29 is 0 Å². The summed E-state index contributed by atoms with van der Waals surface area (Å²) in [5.74, 6) is 0.537. The van der Waals surface area contributed by atoms with Crippen LogP contribution in [0.3, 0.4) is 0 Å². The van der Waals surface area contributed by atoms with Crippen LogP contribution in [-0.2, 0) is 0 Å². The van der Waals surface area contributed by atoms with Crippen molar-refractivity contribution in [2.45, 2.75) is 6.92 Å². The van der Waals surface area contributed by atoms with E-state index in [0.717, 1.165) is 17.2 Å². The summed E-state index contributed by atoms with van der Waals surface area (Å²) in [7, 11) is 0. The molecule has 0 aliphatic rings. The summed E-state index contributed by atoms with van der Waals surface area (Å²) in [5.41, 5.74) is 6.96. The monoisotopic (exact) mass is 193 g/mol. The number of hydrogen-bond acceptors (Lipinski definition) is 6. The van der Waals surface area contributed by atoms with E-state index in [1.807, 2.05) is 6.92 Å². The van der Waals surface area contributed by atoms with Crippen molar-refractivity contribution in [3.63, 3.8) is 0 Å². The Kier molecular flexibility index (Phi) is 1.90. The normalized spacial score (nSPS) is 10.2. The van der Waals surface area contributed by atoms with Crippen molar-refractivity contribution in [2.75, 3.05) is 5.73 Å². The molecule has 0 radical (unpaired) electrons. The van der Waals surface area contributed by atoms with Gasteiger partial charge in [0.25, 0.3) is 0 Å². The first-order valence-electron chi connectivity index (χ1n) is 3.64. The van der Waals surface area contributed by atoms with Crippen LogP contribution in [-0.4, -0.2) is 19.3 Å². The summed E-state index contributed by atoms with van der Waals surface area (Å²) >= 11 is 1.15. The third-order valence-corrected chi connectivity index (χ3v) is 1.99. The number of nitrogens with two attached hydrogens (primary N) is 1. The molecule has 5 nitrogen and oxygen atoms in total. The molecule has 2 aromatic heterocycles. The lowest BCUT2D eigenvalue weighted by atomic mass is 10.4. The van der Waals surface area contributed by atoms with Gasteiger partial charge in [-0.15, -0.1) is 0 Å². The molecule has 0 amide bonds. The van der Waals surface area contributed by atoms with Crippen LogP contribution in [0.15, 0.2) is 12.4 Å². The Morgan fingerprint density at radius 3 is 2.69 bits per heavy atom. The molecule has 0 saturated carbocycles. The van der Waals surface area contributed by atoms with Gasteiger partial charge in [0.15, 0.2) is 11.0 Å². The number of hydrogen-bond donors (Lipinski definition) is 1. The third-order valence-electron chi connectivity index (χ3n) is 1.45.